The Hall–Kier alpha value is -0.0400. The predicted molar refractivity (Wildman–Crippen MR) is 70.0 cm³/mol. The molecular weight excluding hydrogens is 182 g/mol. The number of hydrogen-bond donors (Lipinski definition) is 1. The van der Waals surface area contributed by atoms with E-state index in [0.29, 0.717) is 6.04 Å². The Labute approximate surface area is 96.8 Å². The minimum absolute atomic E-state index is 0.461. The van der Waals surface area contributed by atoms with E-state index in [-0.39, 0.29) is 0 Å². The van der Waals surface area contributed by atoms with Crippen molar-refractivity contribution in [3.63, 3.8) is 0 Å². The molecule has 0 heterocycles. The molecule has 0 aromatic heterocycles. The van der Waals surface area contributed by atoms with Gasteiger partial charge in [0.15, 0.2) is 0 Å². The van der Waals surface area contributed by atoms with Gasteiger partial charge in [-0.05, 0) is 25.2 Å². The number of rotatable bonds is 10. The molecule has 0 aliphatic carbocycles. The van der Waals surface area contributed by atoms with Crippen molar-refractivity contribution < 1.29 is 0 Å². The van der Waals surface area contributed by atoms with E-state index >= 15 is 0 Å². The van der Waals surface area contributed by atoms with E-state index in [1.165, 1.54) is 57.8 Å². The zero-order valence-corrected chi connectivity index (χ0v) is 11.1. The molecule has 0 bridgehead atoms. The van der Waals surface area contributed by atoms with Crippen molar-refractivity contribution in [3.05, 3.63) is 0 Å². The van der Waals surface area contributed by atoms with Crippen LogP contribution in [0, 0.1) is 5.92 Å². The topological polar surface area (TPSA) is 26.0 Å². The standard InChI is InChI=1S/C14H31N/c1-4-7-10-13(11-8-5-2)14(15)12-9-6-3/h13-14H,4-12,15H2,1-3H3. The Morgan fingerprint density at radius 2 is 1.13 bits per heavy atom. The molecule has 1 nitrogen and oxygen atoms in total. The van der Waals surface area contributed by atoms with E-state index in [9.17, 15) is 0 Å². The highest BCUT2D eigenvalue weighted by atomic mass is 14.6. The minimum Gasteiger partial charge on any atom is -0.327 e. The first-order valence-electron chi connectivity index (χ1n) is 7.01. The van der Waals surface area contributed by atoms with Gasteiger partial charge in [0.1, 0.15) is 0 Å². The van der Waals surface area contributed by atoms with Crippen LogP contribution >= 0.6 is 0 Å². The van der Waals surface area contributed by atoms with E-state index in [1.54, 1.807) is 0 Å². The first-order valence-corrected chi connectivity index (χ1v) is 7.01. The summed E-state index contributed by atoms with van der Waals surface area (Å²) in [7, 11) is 0. The molecule has 0 aliphatic rings. The van der Waals surface area contributed by atoms with Crippen LogP contribution in [0.2, 0.25) is 0 Å². The maximum absolute atomic E-state index is 6.29. The van der Waals surface area contributed by atoms with E-state index in [4.69, 9.17) is 5.73 Å². The summed E-state index contributed by atoms with van der Waals surface area (Å²) in [5, 5.41) is 0. The first-order chi connectivity index (χ1) is 7.26. The van der Waals surface area contributed by atoms with Gasteiger partial charge in [-0.15, -0.1) is 0 Å². The molecule has 0 radical (unpaired) electrons. The summed E-state index contributed by atoms with van der Waals surface area (Å²) in [6.45, 7) is 6.79. The van der Waals surface area contributed by atoms with Gasteiger partial charge in [-0.25, -0.2) is 0 Å². The lowest BCUT2D eigenvalue weighted by atomic mass is 9.87. The average molecular weight is 213 g/mol. The van der Waals surface area contributed by atoms with Crippen LogP contribution in [0.1, 0.15) is 78.6 Å². The molecule has 0 fully saturated rings. The molecule has 0 aliphatic heterocycles. The van der Waals surface area contributed by atoms with Gasteiger partial charge in [0, 0.05) is 6.04 Å². The summed E-state index contributed by atoms with van der Waals surface area (Å²) in [6, 6.07) is 0.461. The molecule has 0 amide bonds. The highest BCUT2D eigenvalue weighted by molar-refractivity contribution is 4.73. The van der Waals surface area contributed by atoms with Gasteiger partial charge in [-0.2, -0.15) is 0 Å². The smallest absolute Gasteiger partial charge is 0.00671 e. The van der Waals surface area contributed by atoms with Gasteiger partial charge in [0.25, 0.3) is 0 Å². The fraction of sp³-hybridized carbons (Fsp3) is 1.00. The van der Waals surface area contributed by atoms with Crippen LogP contribution in [0.4, 0.5) is 0 Å². The minimum atomic E-state index is 0.461. The summed E-state index contributed by atoms with van der Waals surface area (Å²) in [6.07, 6.45) is 11.8. The summed E-state index contributed by atoms with van der Waals surface area (Å²) >= 11 is 0. The van der Waals surface area contributed by atoms with Crippen molar-refractivity contribution in [2.24, 2.45) is 11.7 Å². The van der Waals surface area contributed by atoms with Crippen molar-refractivity contribution in [1.82, 2.24) is 0 Å². The van der Waals surface area contributed by atoms with E-state index in [0.717, 1.165) is 5.92 Å². The predicted octanol–water partition coefficient (Wildman–Crippen LogP) is 4.50. The Bertz CT molecular complexity index is 115. The molecule has 1 heteroatoms. The zero-order valence-electron chi connectivity index (χ0n) is 11.1. The molecule has 1 unspecified atom stereocenters. The van der Waals surface area contributed by atoms with Gasteiger partial charge in [-0.3, -0.25) is 0 Å². The molecule has 92 valence electrons. The van der Waals surface area contributed by atoms with Crippen molar-refractivity contribution in [2.75, 3.05) is 0 Å². The van der Waals surface area contributed by atoms with Crippen LogP contribution in [0.5, 0.6) is 0 Å². The molecule has 0 aromatic rings. The molecule has 0 rings (SSSR count). The second-order valence-electron chi connectivity index (χ2n) is 4.85. The third kappa shape index (κ3) is 7.84. The Balaban J connectivity index is 3.84. The normalized spacial score (nSPS) is 13.4. The number of unbranched alkanes of at least 4 members (excludes halogenated alkanes) is 3. The number of hydrogen-bond acceptors (Lipinski definition) is 1. The molecular formula is C14H31N. The van der Waals surface area contributed by atoms with Crippen LogP contribution < -0.4 is 5.73 Å². The Kier molecular flexibility index (Phi) is 10.4. The van der Waals surface area contributed by atoms with Crippen LogP contribution in [0.25, 0.3) is 0 Å². The van der Waals surface area contributed by atoms with E-state index in [2.05, 4.69) is 20.8 Å². The third-order valence-corrected chi connectivity index (χ3v) is 3.35. The molecule has 0 spiro atoms. The van der Waals surface area contributed by atoms with Crippen LogP contribution in [0.3, 0.4) is 0 Å². The SMILES string of the molecule is CCCCC(N)C(CCCC)CCCC. The van der Waals surface area contributed by atoms with Gasteiger partial charge < -0.3 is 5.73 Å². The van der Waals surface area contributed by atoms with E-state index in [1.807, 2.05) is 0 Å². The summed E-state index contributed by atoms with van der Waals surface area (Å²) in [5.41, 5.74) is 6.29. The fourth-order valence-corrected chi connectivity index (χ4v) is 2.18. The molecule has 15 heavy (non-hydrogen) atoms. The lowest BCUT2D eigenvalue weighted by Gasteiger charge is -2.23. The maximum Gasteiger partial charge on any atom is 0.00671 e. The molecule has 1 atom stereocenters. The van der Waals surface area contributed by atoms with Crippen LogP contribution in [-0.4, -0.2) is 6.04 Å². The summed E-state index contributed by atoms with van der Waals surface area (Å²) in [5.74, 6) is 0.788. The maximum atomic E-state index is 6.29. The van der Waals surface area contributed by atoms with Crippen LogP contribution in [0.15, 0.2) is 0 Å². The molecule has 0 aromatic carbocycles. The van der Waals surface area contributed by atoms with E-state index < -0.39 is 0 Å². The lowest BCUT2D eigenvalue weighted by Crippen LogP contribution is -2.30. The Morgan fingerprint density at radius 1 is 0.733 bits per heavy atom. The second-order valence-corrected chi connectivity index (χ2v) is 4.85. The second kappa shape index (κ2) is 10.5. The summed E-state index contributed by atoms with van der Waals surface area (Å²) in [4.78, 5) is 0. The quantitative estimate of drug-likeness (QED) is 0.568. The van der Waals surface area contributed by atoms with Gasteiger partial charge in [0.2, 0.25) is 0 Å². The van der Waals surface area contributed by atoms with Crippen LogP contribution in [-0.2, 0) is 0 Å². The van der Waals surface area contributed by atoms with Crippen molar-refractivity contribution in [1.29, 1.82) is 0 Å². The Morgan fingerprint density at radius 3 is 1.53 bits per heavy atom. The average Bonchev–Trinajstić information content (AvgIpc) is 2.26. The monoisotopic (exact) mass is 213 g/mol. The van der Waals surface area contributed by atoms with Gasteiger partial charge in [0.05, 0.1) is 0 Å². The third-order valence-electron chi connectivity index (χ3n) is 3.35. The van der Waals surface area contributed by atoms with Crippen molar-refractivity contribution in [2.45, 2.75) is 84.6 Å². The van der Waals surface area contributed by atoms with Gasteiger partial charge in [-0.1, -0.05) is 59.3 Å². The highest BCUT2D eigenvalue weighted by Crippen LogP contribution is 2.21. The lowest BCUT2D eigenvalue weighted by molar-refractivity contribution is 0.331. The number of nitrogens with two attached hydrogens (primary N) is 1. The fourth-order valence-electron chi connectivity index (χ4n) is 2.18. The summed E-state index contributed by atoms with van der Waals surface area (Å²) < 4.78 is 0. The van der Waals surface area contributed by atoms with Crippen molar-refractivity contribution >= 4 is 0 Å². The molecule has 2 N–H and O–H groups in total. The van der Waals surface area contributed by atoms with Gasteiger partial charge >= 0.3 is 0 Å². The first kappa shape index (κ1) is 15.0. The van der Waals surface area contributed by atoms with Crippen molar-refractivity contribution in [3.8, 4) is 0 Å². The molecule has 0 saturated heterocycles. The highest BCUT2D eigenvalue weighted by Gasteiger charge is 2.15. The largest absolute Gasteiger partial charge is 0.327 e. The molecule has 0 saturated carbocycles. The zero-order chi connectivity index (χ0) is 11.5.